The lowest BCUT2D eigenvalue weighted by molar-refractivity contribution is -0.137. The quantitative estimate of drug-likeness (QED) is 0.857. The van der Waals surface area contributed by atoms with E-state index in [0.717, 1.165) is 5.75 Å². The number of hydrogen-bond acceptors (Lipinski definition) is 4. The number of carbonyl (C=O) groups is 1. The minimum atomic E-state index is -0.903. The van der Waals surface area contributed by atoms with Gasteiger partial charge in [0.2, 0.25) is 0 Å². The van der Waals surface area contributed by atoms with E-state index in [-0.39, 0.29) is 5.82 Å². The molecule has 2 aromatic rings. The summed E-state index contributed by atoms with van der Waals surface area (Å²) in [6, 6.07) is 7.02. The van der Waals surface area contributed by atoms with Crippen molar-refractivity contribution in [2.75, 3.05) is 17.3 Å². The fourth-order valence-electron chi connectivity index (χ4n) is 1.85. The lowest BCUT2D eigenvalue weighted by atomic mass is 10.2. The van der Waals surface area contributed by atoms with E-state index in [9.17, 15) is 9.18 Å². The van der Waals surface area contributed by atoms with Gasteiger partial charge in [0.05, 0.1) is 5.52 Å². The standard InChI is InChI=1S/C14H15FN2O2S/c1-20-7-6-12(14(18)19)17-13-5-2-9-8-10(15)3-4-11(9)16-13/h2-5,8,12H,6-7H2,1H3,(H,16,17)(H,18,19)/t12-/m0/s1. The summed E-state index contributed by atoms with van der Waals surface area (Å²) in [7, 11) is 0. The molecular formula is C14H15FN2O2S. The van der Waals surface area contributed by atoms with Crippen LogP contribution in [0.25, 0.3) is 10.9 Å². The topological polar surface area (TPSA) is 62.2 Å². The molecule has 4 nitrogen and oxygen atoms in total. The number of aromatic nitrogens is 1. The van der Waals surface area contributed by atoms with Crippen LogP contribution in [0.3, 0.4) is 0 Å². The molecule has 0 aliphatic carbocycles. The van der Waals surface area contributed by atoms with Gasteiger partial charge in [0.1, 0.15) is 17.7 Å². The highest BCUT2D eigenvalue weighted by Gasteiger charge is 2.17. The Bertz CT molecular complexity index is 621. The summed E-state index contributed by atoms with van der Waals surface area (Å²) in [6.07, 6.45) is 2.45. The number of nitrogens with one attached hydrogen (secondary N) is 1. The predicted octanol–water partition coefficient (Wildman–Crippen LogP) is 2.99. The fraction of sp³-hybridized carbons (Fsp3) is 0.286. The summed E-state index contributed by atoms with van der Waals surface area (Å²) >= 11 is 1.60. The molecule has 0 saturated heterocycles. The molecule has 0 fully saturated rings. The third kappa shape index (κ3) is 3.60. The number of carboxylic acids is 1. The second kappa shape index (κ2) is 6.56. The molecule has 0 spiro atoms. The number of thioether (sulfide) groups is 1. The number of rotatable bonds is 6. The van der Waals surface area contributed by atoms with E-state index in [1.807, 2.05) is 6.26 Å². The molecule has 1 atom stereocenters. The minimum absolute atomic E-state index is 0.316. The Hall–Kier alpha value is -1.82. The number of fused-ring (bicyclic) bond motifs is 1. The van der Waals surface area contributed by atoms with Crippen LogP contribution in [-0.2, 0) is 4.79 Å². The Morgan fingerprint density at radius 1 is 1.45 bits per heavy atom. The molecule has 2 rings (SSSR count). The molecule has 1 aromatic heterocycles. The lowest BCUT2D eigenvalue weighted by Gasteiger charge is -2.14. The van der Waals surface area contributed by atoms with Gasteiger partial charge in [-0.2, -0.15) is 11.8 Å². The monoisotopic (exact) mass is 294 g/mol. The summed E-state index contributed by atoms with van der Waals surface area (Å²) in [4.78, 5) is 15.5. The van der Waals surface area contributed by atoms with Crippen molar-refractivity contribution in [1.82, 2.24) is 4.98 Å². The third-order valence-electron chi connectivity index (χ3n) is 2.88. The average Bonchev–Trinajstić information content (AvgIpc) is 2.43. The highest BCUT2D eigenvalue weighted by molar-refractivity contribution is 7.98. The second-order valence-electron chi connectivity index (χ2n) is 4.35. The van der Waals surface area contributed by atoms with Crippen molar-refractivity contribution in [3.63, 3.8) is 0 Å². The van der Waals surface area contributed by atoms with Gasteiger partial charge in [0, 0.05) is 5.39 Å². The van der Waals surface area contributed by atoms with E-state index >= 15 is 0 Å². The van der Waals surface area contributed by atoms with Gasteiger partial charge < -0.3 is 10.4 Å². The number of anilines is 1. The Labute approximate surface area is 120 Å². The molecule has 20 heavy (non-hydrogen) atoms. The first-order valence-electron chi connectivity index (χ1n) is 6.15. The molecule has 106 valence electrons. The average molecular weight is 294 g/mol. The maximum absolute atomic E-state index is 13.1. The smallest absolute Gasteiger partial charge is 0.326 e. The second-order valence-corrected chi connectivity index (χ2v) is 5.34. The largest absolute Gasteiger partial charge is 0.480 e. The molecule has 0 aliphatic rings. The predicted molar refractivity (Wildman–Crippen MR) is 79.7 cm³/mol. The van der Waals surface area contributed by atoms with Gasteiger partial charge in [-0.05, 0) is 48.8 Å². The summed E-state index contributed by atoms with van der Waals surface area (Å²) in [5.41, 5.74) is 0.630. The number of benzene rings is 1. The first-order chi connectivity index (χ1) is 9.60. The van der Waals surface area contributed by atoms with Gasteiger partial charge in [-0.3, -0.25) is 0 Å². The first kappa shape index (κ1) is 14.6. The van der Waals surface area contributed by atoms with Crippen LogP contribution in [0.15, 0.2) is 30.3 Å². The van der Waals surface area contributed by atoms with Crippen LogP contribution < -0.4 is 5.32 Å². The zero-order chi connectivity index (χ0) is 14.5. The van der Waals surface area contributed by atoms with E-state index in [2.05, 4.69) is 10.3 Å². The van der Waals surface area contributed by atoms with E-state index in [1.54, 1.807) is 30.0 Å². The van der Waals surface area contributed by atoms with Crippen LogP contribution in [0.4, 0.5) is 10.2 Å². The van der Waals surface area contributed by atoms with Crippen LogP contribution in [0.1, 0.15) is 6.42 Å². The molecule has 0 saturated carbocycles. The first-order valence-corrected chi connectivity index (χ1v) is 7.54. The van der Waals surface area contributed by atoms with Gasteiger partial charge in [0.15, 0.2) is 0 Å². The van der Waals surface area contributed by atoms with Gasteiger partial charge in [-0.25, -0.2) is 14.2 Å². The molecule has 6 heteroatoms. The number of aliphatic carboxylic acids is 1. The SMILES string of the molecule is CSCC[C@H](Nc1ccc2cc(F)ccc2n1)C(=O)O. The van der Waals surface area contributed by atoms with E-state index in [1.165, 1.54) is 12.1 Å². The van der Waals surface area contributed by atoms with Crippen molar-refractivity contribution in [1.29, 1.82) is 0 Å². The molecule has 1 aromatic carbocycles. The van der Waals surface area contributed by atoms with Crippen LogP contribution >= 0.6 is 11.8 Å². The van der Waals surface area contributed by atoms with Crippen molar-refractivity contribution in [2.45, 2.75) is 12.5 Å². The number of carboxylic acid groups (broad SMARTS) is 1. The van der Waals surface area contributed by atoms with E-state index in [0.29, 0.717) is 23.1 Å². The number of hydrogen-bond donors (Lipinski definition) is 2. The number of halogens is 1. The summed E-state index contributed by atoms with van der Waals surface area (Å²) in [5.74, 6) is 0.0176. The highest BCUT2D eigenvalue weighted by atomic mass is 32.2. The molecule has 2 N–H and O–H groups in total. The Balaban J connectivity index is 2.19. The van der Waals surface area contributed by atoms with Crippen molar-refractivity contribution < 1.29 is 14.3 Å². The molecular weight excluding hydrogens is 279 g/mol. The fourth-order valence-corrected chi connectivity index (χ4v) is 2.32. The van der Waals surface area contributed by atoms with Crippen molar-refractivity contribution in [3.8, 4) is 0 Å². The lowest BCUT2D eigenvalue weighted by Crippen LogP contribution is -2.30. The third-order valence-corrected chi connectivity index (χ3v) is 3.53. The Morgan fingerprint density at radius 2 is 2.25 bits per heavy atom. The van der Waals surface area contributed by atoms with Crippen molar-refractivity contribution in [2.24, 2.45) is 0 Å². The molecule has 0 radical (unpaired) electrons. The normalized spacial score (nSPS) is 12.3. The molecule has 0 amide bonds. The molecule has 1 heterocycles. The maximum atomic E-state index is 13.1. The van der Waals surface area contributed by atoms with Crippen LogP contribution in [-0.4, -0.2) is 34.1 Å². The number of nitrogens with zero attached hydrogens (tertiary/aromatic N) is 1. The maximum Gasteiger partial charge on any atom is 0.326 e. The van der Waals surface area contributed by atoms with Crippen LogP contribution in [0.2, 0.25) is 0 Å². The zero-order valence-electron chi connectivity index (χ0n) is 11.0. The van der Waals surface area contributed by atoms with Gasteiger partial charge in [-0.15, -0.1) is 0 Å². The van der Waals surface area contributed by atoms with Crippen LogP contribution in [0.5, 0.6) is 0 Å². The van der Waals surface area contributed by atoms with Crippen molar-refractivity contribution >= 4 is 34.5 Å². The van der Waals surface area contributed by atoms with Gasteiger partial charge in [0.25, 0.3) is 0 Å². The van der Waals surface area contributed by atoms with E-state index < -0.39 is 12.0 Å². The minimum Gasteiger partial charge on any atom is -0.480 e. The molecule has 0 bridgehead atoms. The molecule has 0 aliphatic heterocycles. The Morgan fingerprint density at radius 3 is 2.95 bits per heavy atom. The van der Waals surface area contributed by atoms with Crippen molar-refractivity contribution in [3.05, 3.63) is 36.1 Å². The van der Waals surface area contributed by atoms with Gasteiger partial charge in [-0.1, -0.05) is 0 Å². The Kier molecular flexibility index (Phi) is 4.79. The number of pyridine rings is 1. The highest BCUT2D eigenvalue weighted by Crippen LogP contribution is 2.17. The summed E-state index contributed by atoms with van der Waals surface area (Å²) in [6.45, 7) is 0. The molecule has 0 unspecified atom stereocenters. The summed E-state index contributed by atoms with van der Waals surface area (Å²) < 4.78 is 13.1. The zero-order valence-corrected chi connectivity index (χ0v) is 11.8. The summed E-state index contributed by atoms with van der Waals surface area (Å²) in [5, 5.41) is 12.8. The van der Waals surface area contributed by atoms with Gasteiger partial charge >= 0.3 is 5.97 Å². The van der Waals surface area contributed by atoms with Crippen LogP contribution in [0, 0.1) is 5.82 Å². The van der Waals surface area contributed by atoms with E-state index in [4.69, 9.17) is 5.11 Å².